The lowest BCUT2D eigenvalue weighted by molar-refractivity contribution is -0.136. The number of aryl methyl sites for hydroxylation is 1. The van der Waals surface area contributed by atoms with Gasteiger partial charge in [0.15, 0.2) is 18.1 Å². The highest BCUT2D eigenvalue weighted by atomic mass is 35.5. The fourth-order valence-electron chi connectivity index (χ4n) is 3.37. The van der Waals surface area contributed by atoms with E-state index in [1.165, 1.54) is 7.11 Å². The molecule has 0 N–H and O–H groups in total. The predicted molar refractivity (Wildman–Crippen MR) is 134 cm³/mol. The molecule has 3 aromatic carbocycles. The van der Waals surface area contributed by atoms with Crippen LogP contribution in [0.1, 0.15) is 42.0 Å². The van der Waals surface area contributed by atoms with Crippen molar-refractivity contribution in [1.82, 2.24) is 0 Å². The van der Waals surface area contributed by atoms with E-state index in [1.54, 1.807) is 48.5 Å². The summed E-state index contributed by atoms with van der Waals surface area (Å²) in [5.41, 5.74) is 4.02. The summed E-state index contributed by atoms with van der Waals surface area (Å²) < 4.78 is 16.7. The highest BCUT2D eigenvalue weighted by Gasteiger charge is 2.14. The van der Waals surface area contributed by atoms with Gasteiger partial charge in [-0.3, -0.25) is 0 Å². The highest BCUT2D eigenvalue weighted by molar-refractivity contribution is 6.30. The summed E-state index contributed by atoms with van der Waals surface area (Å²) in [5.74, 6) is 1.03. The fraction of sp³-hybridized carbons (Fsp3) is 0.214. The minimum absolute atomic E-state index is 0.233. The lowest BCUT2D eigenvalue weighted by Gasteiger charge is -2.15. The average molecular weight is 476 g/mol. The fourth-order valence-corrected chi connectivity index (χ4v) is 3.49. The van der Waals surface area contributed by atoms with E-state index in [1.807, 2.05) is 25.1 Å². The first kappa shape index (κ1) is 24.9. The molecule has 0 aliphatic carbocycles. The second-order valence-corrected chi connectivity index (χ2v) is 8.48. The Bertz CT molecular complexity index is 1240. The molecule has 0 saturated heterocycles. The van der Waals surface area contributed by atoms with Gasteiger partial charge in [0.2, 0.25) is 0 Å². The Morgan fingerprint density at radius 3 is 2.41 bits per heavy atom. The molecule has 6 heteroatoms. The van der Waals surface area contributed by atoms with Crippen molar-refractivity contribution in [2.75, 3.05) is 13.7 Å². The van der Waals surface area contributed by atoms with Crippen LogP contribution in [0.4, 0.5) is 0 Å². The molecule has 0 bridgehead atoms. The second-order valence-electron chi connectivity index (χ2n) is 8.05. The molecule has 3 aromatic rings. The lowest BCUT2D eigenvalue weighted by atomic mass is 10.0. The number of hydrogen-bond donors (Lipinski definition) is 0. The first-order chi connectivity index (χ1) is 16.3. The number of nitrogens with zero attached hydrogens (tertiary/aromatic N) is 1. The number of nitriles is 1. The van der Waals surface area contributed by atoms with Crippen LogP contribution in [0, 0.1) is 18.3 Å². The number of allylic oxidation sites excluding steroid dienone is 1. The van der Waals surface area contributed by atoms with Gasteiger partial charge in [-0.25, -0.2) is 4.79 Å². The topological polar surface area (TPSA) is 68.5 Å². The van der Waals surface area contributed by atoms with Gasteiger partial charge in [-0.1, -0.05) is 55.8 Å². The zero-order valence-corrected chi connectivity index (χ0v) is 20.3. The number of carbonyl (C=O) groups is 1. The van der Waals surface area contributed by atoms with Crippen LogP contribution in [0.5, 0.6) is 17.2 Å². The summed E-state index contributed by atoms with van der Waals surface area (Å²) in [4.78, 5) is 12.5. The van der Waals surface area contributed by atoms with Gasteiger partial charge in [0.25, 0.3) is 0 Å². The van der Waals surface area contributed by atoms with Crippen LogP contribution < -0.4 is 14.2 Å². The molecule has 0 fully saturated rings. The van der Waals surface area contributed by atoms with Crippen molar-refractivity contribution in [1.29, 1.82) is 5.26 Å². The predicted octanol–water partition coefficient (Wildman–Crippen LogP) is 6.83. The first-order valence-electron chi connectivity index (χ1n) is 10.8. The van der Waals surface area contributed by atoms with Crippen molar-refractivity contribution in [3.63, 3.8) is 0 Å². The Balaban J connectivity index is 1.74. The number of halogens is 1. The molecule has 3 rings (SSSR count). The number of carbonyl (C=O) groups excluding carboxylic acids is 1. The van der Waals surface area contributed by atoms with Crippen molar-refractivity contribution in [2.24, 2.45) is 0 Å². The molecule has 0 radical (unpaired) electrons. The normalized spacial score (nSPS) is 11.1. The lowest BCUT2D eigenvalue weighted by Crippen LogP contribution is -2.18. The van der Waals surface area contributed by atoms with E-state index in [0.29, 0.717) is 22.1 Å². The molecular weight excluding hydrogens is 450 g/mol. The largest absolute Gasteiger partial charge is 0.493 e. The summed E-state index contributed by atoms with van der Waals surface area (Å²) in [7, 11) is 1.49. The number of methoxy groups -OCH3 is 1. The maximum atomic E-state index is 12.5. The van der Waals surface area contributed by atoms with Gasteiger partial charge in [0, 0.05) is 5.02 Å². The van der Waals surface area contributed by atoms with Gasteiger partial charge in [0.1, 0.15) is 5.75 Å². The molecule has 0 spiro atoms. The molecule has 0 atom stereocenters. The maximum Gasteiger partial charge on any atom is 0.349 e. The van der Waals surface area contributed by atoms with Crippen LogP contribution in [0.2, 0.25) is 5.02 Å². The second kappa shape index (κ2) is 11.4. The summed E-state index contributed by atoms with van der Waals surface area (Å²) in [6, 6.07) is 20.2. The Hall–Kier alpha value is -3.75. The number of esters is 1. The van der Waals surface area contributed by atoms with E-state index in [2.05, 4.69) is 19.9 Å². The van der Waals surface area contributed by atoms with Crippen LogP contribution in [-0.2, 0) is 4.79 Å². The monoisotopic (exact) mass is 475 g/mol. The number of benzene rings is 3. The van der Waals surface area contributed by atoms with Crippen LogP contribution in [0.3, 0.4) is 0 Å². The minimum atomic E-state index is -0.545. The third-order valence-electron chi connectivity index (χ3n) is 5.13. The molecule has 5 nitrogen and oxygen atoms in total. The molecule has 0 saturated carbocycles. The van der Waals surface area contributed by atoms with Gasteiger partial charge < -0.3 is 14.2 Å². The molecule has 0 heterocycles. The van der Waals surface area contributed by atoms with Crippen molar-refractivity contribution in [3.05, 3.63) is 87.9 Å². The van der Waals surface area contributed by atoms with Crippen molar-refractivity contribution >= 4 is 29.2 Å². The first-order valence-corrected chi connectivity index (χ1v) is 11.2. The molecule has 0 aliphatic rings. The van der Waals surface area contributed by atoms with E-state index in [4.69, 9.17) is 25.8 Å². The molecule has 174 valence electrons. The van der Waals surface area contributed by atoms with Crippen molar-refractivity contribution in [2.45, 2.75) is 26.7 Å². The third kappa shape index (κ3) is 6.40. The average Bonchev–Trinajstić information content (AvgIpc) is 2.82. The van der Waals surface area contributed by atoms with Crippen molar-refractivity contribution < 1.29 is 19.0 Å². The van der Waals surface area contributed by atoms with Gasteiger partial charge in [-0.05, 0) is 71.5 Å². The number of ether oxygens (including phenoxy) is 3. The molecule has 0 unspecified atom stereocenters. The van der Waals surface area contributed by atoms with Gasteiger partial charge in [-0.15, -0.1) is 0 Å². The summed E-state index contributed by atoms with van der Waals surface area (Å²) >= 11 is 5.93. The summed E-state index contributed by atoms with van der Waals surface area (Å²) in [6.07, 6.45) is 1.73. The molecular formula is C28H26ClNO4. The number of rotatable bonds is 8. The summed E-state index contributed by atoms with van der Waals surface area (Å²) in [5, 5.41) is 10.2. The molecule has 0 amide bonds. The van der Waals surface area contributed by atoms with E-state index >= 15 is 0 Å². The Morgan fingerprint density at radius 2 is 1.76 bits per heavy atom. The quantitative estimate of drug-likeness (QED) is 0.154. The van der Waals surface area contributed by atoms with Crippen LogP contribution in [0.15, 0.2) is 60.7 Å². The van der Waals surface area contributed by atoms with Crippen LogP contribution in [-0.4, -0.2) is 19.7 Å². The maximum absolute atomic E-state index is 12.5. The Kier molecular flexibility index (Phi) is 8.34. The third-order valence-corrected chi connectivity index (χ3v) is 5.39. The number of hydrogen-bond acceptors (Lipinski definition) is 5. The molecule has 0 aromatic heterocycles. The van der Waals surface area contributed by atoms with Crippen LogP contribution >= 0.6 is 11.6 Å². The Labute approximate surface area is 205 Å². The molecule has 0 aliphatic heterocycles. The van der Waals surface area contributed by atoms with E-state index in [9.17, 15) is 10.1 Å². The summed E-state index contributed by atoms with van der Waals surface area (Å²) in [6.45, 7) is 5.88. The zero-order chi connectivity index (χ0) is 24.7. The Morgan fingerprint density at radius 1 is 1.03 bits per heavy atom. The standard InChI is InChI=1S/C28H26ClNO4/c1-18(2)24-11-5-19(3)13-26(24)33-17-28(31)34-25-12-6-20(15-27(25)32-4)14-22(16-30)21-7-9-23(29)10-8-21/h5-15,18H,17H2,1-4H3/b22-14+. The molecule has 34 heavy (non-hydrogen) atoms. The van der Waals surface area contributed by atoms with Gasteiger partial charge in [0.05, 0.1) is 18.8 Å². The van der Waals surface area contributed by atoms with Crippen molar-refractivity contribution in [3.8, 4) is 23.3 Å². The highest BCUT2D eigenvalue weighted by Crippen LogP contribution is 2.31. The zero-order valence-electron chi connectivity index (χ0n) is 19.6. The smallest absolute Gasteiger partial charge is 0.349 e. The van der Waals surface area contributed by atoms with E-state index in [0.717, 1.165) is 22.3 Å². The minimum Gasteiger partial charge on any atom is -0.493 e. The van der Waals surface area contributed by atoms with Gasteiger partial charge in [-0.2, -0.15) is 5.26 Å². The van der Waals surface area contributed by atoms with E-state index in [-0.39, 0.29) is 18.3 Å². The van der Waals surface area contributed by atoms with E-state index < -0.39 is 5.97 Å². The van der Waals surface area contributed by atoms with Gasteiger partial charge >= 0.3 is 5.97 Å². The SMILES string of the molecule is COc1cc(/C=C(\C#N)c2ccc(Cl)cc2)ccc1OC(=O)COc1cc(C)ccc1C(C)C. The van der Waals surface area contributed by atoms with Crippen LogP contribution in [0.25, 0.3) is 11.6 Å².